The number of hydrogen-bond donors (Lipinski definition) is 0. The van der Waals surface area contributed by atoms with Crippen LogP contribution in [0.5, 0.6) is 5.75 Å². The lowest BCUT2D eigenvalue weighted by Crippen LogP contribution is -2.14. The van der Waals surface area contributed by atoms with Gasteiger partial charge in [-0.05, 0) is 54.1 Å². The number of halogens is 1. The smallest absolute Gasteiger partial charge is 0.345 e. The maximum absolute atomic E-state index is 13.6. The third-order valence-electron chi connectivity index (χ3n) is 6.58. The second kappa shape index (κ2) is 8.18. The molecule has 0 saturated heterocycles. The van der Waals surface area contributed by atoms with Crippen molar-refractivity contribution in [2.24, 2.45) is 0 Å². The average Bonchev–Trinajstić information content (AvgIpc) is 2.92. The Kier molecular flexibility index (Phi) is 4.77. The van der Waals surface area contributed by atoms with E-state index in [1.165, 1.54) is 6.26 Å². The summed E-state index contributed by atoms with van der Waals surface area (Å²) in [5.41, 5.74) is 3.77. The maximum atomic E-state index is 13.6. The number of rotatable bonds is 2. The van der Waals surface area contributed by atoms with Gasteiger partial charge in [0.1, 0.15) is 29.8 Å². The fourth-order valence-corrected chi connectivity index (χ4v) is 4.96. The fraction of sp³-hybridized carbons (Fsp3) is 0.0333. The molecule has 1 aliphatic heterocycles. The molecule has 3 aromatic carbocycles. The van der Waals surface area contributed by atoms with E-state index in [1.54, 1.807) is 60.7 Å². The summed E-state index contributed by atoms with van der Waals surface area (Å²) in [6.45, 7) is 0.186. The molecule has 1 aliphatic rings. The standard InChI is InChI=1S/C30H16ClNO5/c31-17-9-10-27-21(12-17)28-22(14-35-27)19(23-15-36-26-8-4-2-6-18(26)29(23)33)13-24(32-28)20-11-16-5-1-3-7-25(16)37-30(20)34/h1-13,15H,14H2. The monoisotopic (exact) mass is 505 g/mol. The van der Waals surface area contributed by atoms with Crippen LogP contribution in [-0.4, -0.2) is 4.98 Å². The molecule has 0 N–H and O–H groups in total. The van der Waals surface area contributed by atoms with Gasteiger partial charge in [-0.1, -0.05) is 41.9 Å². The highest BCUT2D eigenvalue weighted by Gasteiger charge is 2.26. The number of pyridine rings is 1. The number of nitrogens with zero attached hydrogens (tertiary/aromatic N) is 1. The first-order chi connectivity index (χ1) is 18.1. The van der Waals surface area contributed by atoms with E-state index >= 15 is 0 Å². The maximum Gasteiger partial charge on any atom is 0.345 e. The van der Waals surface area contributed by atoms with Crippen molar-refractivity contribution in [3.63, 3.8) is 0 Å². The summed E-state index contributed by atoms with van der Waals surface area (Å²) in [7, 11) is 0. The Hall–Kier alpha value is -4.68. The summed E-state index contributed by atoms with van der Waals surface area (Å²) in [6.07, 6.45) is 1.44. The first-order valence-electron chi connectivity index (χ1n) is 11.6. The lowest BCUT2D eigenvalue weighted by Gasteiger charge is -2.23. The highest BCUT2D eigenvalue weighted by atomic mass is 35.5. The van der Waals surface area contributed by atoms with Crippen molar-refractivity contribution >= 4 is 33.5 Å². The summed E-state index contributed by atoms with van der Waals surface area (Å²) < 4.78 is 17.4. The van der Waals surface area contributed by atoms with Crippen LogP contribution in [0.4, 0.5) is 0 Å². The number of ether oxygens (including phenoxy) is 1. The predicted molar refractivity (Wildman–Crippen MR) is 142 cm³/mol. The number of hydrogen-bond acceptors (Lipinski definition) is 6. The molecular formula is C30H16ClNO5. The molecule has 37 heavy (non-hydrogen) atoms. The molecule has 0 spiro atoms. The van der Waals surface area contributed by atoms with Crippen molar-refractivity contribution in [2.45, 2.75) is 6.61 Å². The molecule has 0 unspecified atom stereocenters. The Balaban J connectivity index is 1.57. The molecule has 0 amide bonds. The fourth-order valence-electron chi connectivity index (χ4n) is 4.79. The summed E-state index contributed by atoms with van der Waals surface area (Å²) in [4.78, 5) is 31.5. The highest BCUT2D eigenvalue weighted by molar-refractivity contribution is 6.31. The molecule has 6 aromatic rings. The first kappa shape index (κ1) is 21.6. The van der Waals surface area contributed by atoms with E-state index in [0.29, 0.717) is 61.0 Å². The van der Waals surface area contributed by atoms with Gasteiger partial charge in [0.15, 0.2) is 0 Å². The molecule has 6 nitrogen and oxygen atoms in total. The lowest BCUT2D eigenvalue weighted by atomic mass is 9.92. The summed E-state index contributed by atoms with van der Waals surface area (Å²) in [5, 5.41) is 1.73. The second-order valence-corrected chi connectivity index (χ2v) is 9.21. The zero-order valence-corrected chi connectivity index (χ0v) is 19.9. The highest BCUT2D eigenvalue weighted by Crippen LogP contribution is 2.42. The van der Waals surface area contributed by atoms with Crippen LogP contribution in [0.15, 0.2) is 104 Å². The molecule has 0 radical (unpaired) electrons. The Morgan fingerprint density at radius 2 is 1.59 bits per heavy atom. The molecule has 4 heterocycles. The minimum Gasteiger partial charge on any atom is -0.488 e. The normalized spacial score (nSPS) is 12.2. The second-order valence-electron chi connectivity index (χ2n) is 8.77. The van der Waals surface area contributed by atoms with Gasteiger partial charge in [0, 0.05) is 21.5 Å². The third-order valence-corrected chi connectivity index (χ3v) is 6.82. The molecule has 178 valence electrons. The summed E-state index contributed by atoms with van der Waals surface area (Å²) in [5.74, 6) is 0.614. The van der Waals surface area contributed by atoms with E-state index in [0.717, 1.165) is 5.39 Å². The SMILES string of the molecule is O=c1oc2ccccc2cc1-c1cc(-c2coc3ccccc3c2=O)c2c(n1)-c1cc(Cl)ccc1OC2. The van der Waals surface area contributed by atoms with E-state index in [4.69, 9.17) is 30.2 Å². The molecule has 7 heteroatoms. The topological polar surface area (TPSA) is 82.5 Å². The molecule has 7 rings (SSSR count). The minimum absolute atomic E-state index is 0.186. The van der Waals surface area contributed by atoms with Crippen LogP contribution in [0.1, 0.15) is 5.56 Å². The van der Waals surface area contributed by atoms with Crippen molar-refractivity contribution < 1.29 is 13.6 Å². The van der Waals surface area contributed by atoms with Gasteiger partial charge in [0.05, 0.1) is 27.9 Å². The van der Waals surface area contributed by atoms with E-state index in [9.17, 15) is 9.59 Å². The minimum atomic E-state index is -0.527. The Bertz CT molecular complexity index is 2010. The lowest BCUT2D eigenvalue weighted by molar-refractivity contribution is 0.302. The molecule has 0 saturated carbocycles. The van der Waals surface area contributed by atoms with Crippen LogP contribution in [-0.2, 0) is 6.61 Å². The van der Waals surface area contributed by atoms with Crippen LogP contribution in [0, 0.1) is 0 Å². The summed E-state index contributed by atoms with van der Waals surface area (Å²) >= 11 is 6.32. The molecule has 0 bridgehead atoms. The van der Waals surface area contributed by atoms with E-state index < -0.39 is 5.63 Å². The number of fused-ring (bicyclic) bond motifs is 5. The van der Waals surface area contributed by atoms with Gasteiger partial charge >= 0.3 is 5.63 Å². The molecule has 0 atom stereocenters. The van der Waals surface area contributed by atoms with Gasteiger partial charge in [-0.25, -0.2) is 9.78 Å². The largest absolute Gasteiger partial charge is 0.488 e. The summed E-state index contributed by atoms with van der Waals surface area (Å²) in [6, 6.07) is 23.1. The molecule has 3 aromatic heterocycles. The Morgan fingerprint density at radius 1 is 0.784 bits per heavy atom. The van der Waals surface area contributed by atoms with Crippen LogP contribution in [0.2, 0.25) is 5.02 Å². The molecule has 0 aliphatic carbocycles. The number of para-hydroxylation sites is 2. The van der Waals surface area contributed by atoms with E-state index in [2.05, 4.69) is 0 Å². The molecular weight excluding hydrogens is 490 g/mol. The van der Waals surface area contributed by atoms with Crippen LogP contribution >= 0.6 is 11.6 Å². The predicted octanol–water partition coefficient (Wildman–Crippen LogP) is 6.84. The van der Waals surface area contributed by atoms with Gasteiger partial charge in [-0.3, -0.25) is 4.79 Å². The van der Waals surface area contributed by atoms with Crippen LogP contribution < -0.4 is 15.8 Å². The van der Waals surface area contributed by atoms with Crippen molar-refractivity contribution in [1.29, 1.82) is 0 Å². The average molecular weight is 506 g/mol. The Labute approximate surface area is 214 Å². The van der Waals surface area contributed by atoms with Crippen molar-refractivity contribution in [2.75, 3.05) is 0 Å². The quantitative estimate of drug-likeness (QED) is 0.239. The third kappa shape index (κ3) is 3.45. The first-order valence-corrected chi connectivity index (χ1v) is 12.0. The van der Waals surface area contributed by atoms with E-state index in [-0.39, 0.29) is 17.6 Å². The van der Waals surface area contributed by atoms with Gasteiger partial charge in [-0.15, -0.1) is 0 Å². The number of benzene rings is 3. The van der Waals surface area contributed by atoms with Gasteiger partial charge in [-0.2, -0.15) is 0 Å². The Morgan fingerprint density at radius 3 is 2.49 bits per heavy atom. The van der Waals surface area contributed by atoms with Gasteiger partial charge in [0.2, 0.25) is 5.43 Å². The van der Waals surface area contributed by atoms with Crippen LogP contribution in [0.25, 0.3) is 55.6 Å². The molecule has 0 fully saturated rings. The van der Waals surface area contributed by atoms with Crippen molar-refractivity contribution in [3.8, 4) is 39.4 Å². The van der Waals surface area contributed by atoms with Gasteiger partial charge < -0.3 is 13.6 Å². The van der Waals surface area contributed by atoms with Crippen molar-refractivity contribution in [1.82, 2.24) is 4.98 Å². The van der Waals surface area contributed by atoms with E-state index in [1.807, 2.05) is 18.2 Å². The van der Waals surface area contributed by atoms with Crippen molar-refractivity contribution in [3.05, 3.63) is 116 Å². The van der Waals surface area contributed by atoms with Crippen LogP contribution in [0.3, 0.4) is 0 Å². The zero-order chi connectivity index (χ0) is 25.1. The zero-order valence-electron chi connectivity index (χ0n) is 19.2. The van der Waals surface area contributed by atoms with Gasteiger partial charge in [0.25, 0.3) is 0 Å². The number of aromatic nitrogens is 1.